The van der Waals surface area contributed by atoms with Crippen molar-refractivity contribution in [3.63, 3.8) is 0 Å². The summed E-state index contributed by atoms with van der Waals surface area (Å²) in [5, 5.41) is 7.74. The van der Waals surface area contributed by atoms with Crippen LogP contribution in [0.2, 0.25) is 5.02 Å². The van der Waals surface area contributed by atoms with Crippen LogP contribution in [0.25, 0.3) is 0 Å². The zero-order chi connectivity index (χ0) is 19.9. The lowest BCUT2D eigenvalue weighted by Gasteiger charge is -2.20. The molecule has 0 spiro atoms. The van der Waals surface area contributed by atoms with Crippen molar-refractivity contribution < 1.29 is 9.15 Å². The number of aliphatic imine (C=N–C) groups is 1. The van der Waals surface area contributed by atoms with Gasteiger partial charge in [-0.25, -0.2) is 4.98 Å². The van der Waals surface area contributed by atoms with Crippen molar-refractivity contribution in [2.45, 2.75) is 25.3 Å². The molecule has 2 aliphatic rings. The van der Waals surface area contributed by atoms with Crippen LogP contribution in [0.1, 0.15) is 18.6 Å². The van der Waals surface area contributed by atoms with Crippen LogP contribution < -0.4 is 15.5 Å². The summed E-state index contributed by atoms with van der Waals surface area (Å²) >= 11 is 6.32. The molecule has 0 bridgehead atoms. The van der Waals surface area contributed by atoms with Crippen LogP contribution in [0.3, 0.4) is 0 Å². The third-order valence-corrected chi connectivity index (χ3v) is 5.64. The maximum Gasteiger partial charge on any atom is 0.191 e. The Morgan fingerprint density at radius 2 is 2.23 bits per heavy atom. The molecule has 9 heteroatoms. The molecule has 2 N–H and O–H groups in total. The molecule has 0 saturated carbocycles. The highest BCUT2D eigenvalue weighted by atomic mass is 127. The number of nitrogens with zero attached hydrogens (tertiary/aromatic N) is 3. The van der Waals surface area contributed by atoms with Crippen molar-refractivity contribution in [3.8, 4) is 0 Å². The first-order valence-electron chi connectivity index (χ1n) is 10.3. The predicted octanol–water partition coefficient (Wildman–Crippen LogP) is 3.34. The number of rotatable bonds is 7. The molecule has 2 aromatic rings. The Kier molecular flexibility index (Phi) is 9.07. The summed E-state index contributed by atoms with van der Waals surface area (Å²) in [5.41, 5.74) is 0. The molecular formula is C21H29ClIN5O2. The van der Waals surface area contributed by atoms with Crippen LogP contribution in [-0.2, 0) is 11.2 Å². The summed E-state index contributed by atoms with van der Waals surface area (Å²) in [6, 6.07) is 7.95. The SMILES string of the molecule is Clc1cccnc1N1CCC(NC(=NCC2CCOC2)NCCc2ccco2)C1.I. The Morgan fingerprint density at radius 3 is 3.00 bits per heavy atom. The van der Waals surface area contributed by atoms with E-state index >= 15 is 0 Å². The van der Waals surface area contributed by atoms with Crippen LogP contribution in [0, 0.1) is 5.92 Å². The third-order valence-electron chi connectivity index (χ3n) is 5.34. The summed E-state index contributed by atoms with van der Waals surface area (Å²) in [5.74, 6) is 3.18. The molecule has 2 unspecified atom stereocenters. The van der Waals surface area contributed by atoms with E-state index in [-0.39, 0.29) is 24.0 Å². The summed E-state index contributed by atoms with van der Waals surface area (Å²) < 4.78 is 10.9. The normalized spacial score (nSPS) is 21.5. The number of nitrogens with one attached hydrogen (secondary N) is 2. The lowest BCUT2D eigenvalue weighted by Crippen LogP contribution is -2.45. The number of hydrogen-bond acceptors (Lipinski definition) is 5. The molecule has 164 valence electrons. The van der Waals surface area contributed by atoms with Gasteiger partial charge in [-0.3, -0.25) is 4.99 Å². The smallest absolute Gasteiger partial charge is 0.191 e. The highest BCUT2D eigenvalue weighted by Gasteiger charge is 2.25. The Hall–Kier alpha value is -1.52. The second kappa shape index (κ2) is 11.8. The molecule has 2 aromatic heterocycles. The van der Waals surface area contributed by atoms with Gasteiger partial charge in [0.15, 0.2) is 5.96 Å². The van der Waals surface area contributed by atoms with Gasteiger partial charge in [-0.15, -0.1) is 24.0 Å². The molecule has 7 nitrogen and oxygen atoms in total. The van der Waals surface area contributed by atoms with E-state index in [1.165, 1.54) is 0 Å². The lowest BCUT2D eigenvalue weighted by molar-refractivity contribution is 0.187. The average molecular weight is 546 g/mol. The fourth-order valence-corrected chi connectivity index (χ4v) is 3.97. The maximum absolute atomic E-state index is 6.32. The van der Waals surface area contributed by atoms with E-state index in [0.29, 0.717) is 17.0 Å². The molecular weight excluding hydrogens is 517 g/mol. The minimum absolute atomic E-state index is 0. The summed E-state index contributed by atoms with van der Waals surface area (Å²) in [4.78, 5) is 11.5. The third kappa shape index (κ3) is 6.49. The van der Waals surface area contributed by atoms with Crippen molar-refractivity contribution in [2.75, 3.05) is 44.3 Å². The van der Waals surface area contributed by atoms with Gasteiger partial charge in [-0.1, -0.05) is 11.6 Å². The highest BCUT2D eigenvalue weighted by Crippen LogP contribution is 2.25. The van der Waals surface area contributed by atoms with E-state index in [0.717, 1.165) is 76.2 Å². The number of halogens is 2. The van der Waals surface area contributed by atoms with E-state index in [1.807, 2.05) is 24.3 Å². The topological polar surface area (TPSA) is 74.9 Å². The largest absolute Gasteiger partial charge is 0.469 e. The number of hydrogen-bond donors (Lipinski definition) is 2. The quantitative estimate of drug-likeness (QED) is 0.316. The molecule has 2 saturated heterocycles. The van der Waals surface area contributed by atoms with Gasteiger partial charge in [0, 0.05) is 57.4 Å². The lowest BCUT2D eigenvalue weighted by atomic mass is 10.1. The van der Waals surface area contributed by atoms with Gasteiger partial charge in [0.05, 0.1) is 17.9 Å². The van der Waals surface area contributed by atoms with Gasteiger partial charge in [-0.05, 0) is 37.1 Å². The Morgan fingerprint density at radius 1 is 1.30 bits per heavy atom. The van der Waals surface area contributed by atoms with E-state index in [4.69, 9.17) is 25.7 Å². The Labute approximate surface area is 199 Å². The fraction of sp³-hybridized carbons (Fsp3) is 0.524. The van der Waals surface area contributed by atoms with Gasteiger partial charge in [0.2, 0.25) is 0 Å². The van der Waals surface area contributed by atoms with Gasteiger partial charge in [0.1, 0.15) is 11.6 Å². The zero-order valence-electron chi connectivity index (χ0n) is 16.9. The van der Waals surface area contributed by atoms with Crippen LogP contribution in [0.4, 0.5) is 5.82 Å². The summed E-state index contributed by atoms with van der Waals surface area (Å²) in [7, 11) is 0. The van der Waals surface area contributed by atoms with Crippen LogP contribution in [0.5, 0.6) is 0 Å². The van der Waals surface area contributed by atoms with Gasteiger partial charge >= 0.3 is 0 Å². The Bertz CT molecular complexity index is 798. The second-order valence-electron chi connectivity index (χ2n) is 7.56. The standard InChI is InChI=1S/C21H28ClN5O2.HI/c22-19-4-1-8-23-20(19)27-10-6-17(14-27)26-21(25-13-16-7-12-28-15-16)24-9-5-18-3-2-11-29-18;/h1-4,8,11,16-17H,5-7,9-10,12-15H2,(H2,24,25,26);1H. The Balaban J connectivity index is 0.00000256. The molecule has 4 rings (SSSR count). The van der Waals surface area contributed by atoms with Crippen molar-refractivity contribution in [3.05, 3.63) is 47.5 Å². The minimum atomic E-state index is 0. The first-order chi connectivity index (χ1) is 14.3. The van der Waals surface area contributed by atoms with Gasteiger partial charge in [-0.2, -0.15) is 0 Å². The molecule has 0 aromatic carbocycles. The molecule has 2 aliphatic heterocycles. The molecule has 0 radical (unpaired) electrons. The van der Waals surface area contributed by atoms with Gasteiger partial charge in [0.25, 0.3) is 0 Å². The fourth-order valence-electron chi connectivity index (χ4n) is 3.73. The van der Waals surface area contributed by atoms with Crippen molar-refractivity contribution >= 4 is 47.4 Å². The van der Waals surface area contributed by atoms with Crippen LogP contribution >= 0.6 is 35.6 Å². The zero-order valence-corrected chi connectivity index (χ0v) is 20.0. The van der Waals surface area contributed by atoms with E-state index in [1.54, 1.807) is 12.5 Å². The predicted molar refractivity (Wildman–Crippen MR) is 130 cm³/mol. The van der Waals surface area contributed by atoms with E-state index < -0.39 is 0 Å². The number of pyridine rings is 1. The maximum atomic E-state index is 6.32. The molecule has 2 fully saturated rings. The molecule has 0 amide bonds. The number of guanidine groups is 1. The number of furan rings is 1. The van der Waals surface area contributed by atoms with Crippen LogP contribution in [-0.4, -0.2) is 56.4 Å². The van der Waals surface area contributed by atoms with Crippen molar-refractivity contribution in [1.82, 2.24) is 15.6 Å². The summed E-state index contributed by atoms with van der Waals surface area (Å²) in [6.07, 6.45) is 6.41. The van der Waals surface area contributed by atoms with Crippen LogP contribution in [0.15, 0.2) is 46.1 Å². The monoisotopic (exact) mass is 545 g/mol. The summed E-state index contributed by atoms with van der Waals surface area (Å²) in [6.45, 7) is 4.96. The van der Waals surface area contributed by atoms with Gasteiger partial charge < -0.3 is 24.7 Å². The second-order valence-corrected chi connectivity index (χ2v) is 7.97. The first kappa shape index (κ1) is 23.1. The number of aromatic nitrogens is 1. The van der Waals surface area contributed by atoms with E-state index in [2.05, 4.69) is 20.5 Å². The number of anilines is 1. The first-order valence-corrected chi connectivity index (χ1v) is 10.7. The van der Waals surface area contributed by atoms with Crippen molar-refractivity contribution in [2.24, 2.45) is 10.9 Å². The number of ether oxygens (including phenoxy) is 1. The minimum Gasteiger partial charge on any atom is -0.469 e. The average Bonchev–Trinajstić information content (AvgIpc) is 3.49. The highest BCUT2D eigenvalue weighted by molar-refractivity contribution is 14.0. The van der Waals surface area contributed by atoms with Crippen molar-refractivity contribution in [1.29, 1.82) is 0 Å². The molecule has 2 atom stereocenters. The molecule has 30 heavy (non-hydrogen) atoms. The molecule has 0 aliphatic carbocycles. The molecule has 4 heterocycles. The van der Waals surface area contributed by atoms with E-state index in [9.17, 15) is 0 Å².